The summed E-state index contributed by atoms with van der Waals surface area (Å²) in [7, 11) is 5.15. The largest absolute Gasteiger partial charge is 0.493 e. The van der Waals surface area contributed by atoms with Crippen LogP contribution < -0.4 is 20.1 Å². The molecule has 2 aromatic rings. The van der Waals surface area contributed by atoms with E-state index in [-0.39, 0.29) is 5.91 Å². The molecule has 0 saturated heterocycles. The Hall–Kier alpha value is -3.22. The van der Waals surface area contributed by atoms with Gasteiger partial charge in [0.05, 0.1) is 20.3 Å². The summed E-state index contributed by atoms with van der Waals surface area (Å²) in [6.07, 6.45) is 0.788. The molecule has 7 heteroatoms. The van der Waals surface area contributed by atoms with Crippen LogP contribution in [0.25, 0.3) is 0 Å². The molecule has 0 aliphatic carbocycles. The topological polar surface area (TPSA) is 75.2 Å². The molecule has 0 aromatic heterocycles. The van der Waals surface area contributed by atoms with E-state index in [0.717, 1.165) is 41.6 Å². The van der Waals surface area contributed by atoms with Crippen molar-refractivity contribution in [1.82, 2.24) is 15.5 Å². The average molecular weight is 427 g/mol. The number of rotatable bonds is 10. The first-order valence-corrected chi connectivity index (χ1v) is 10.6. The molecule has 0 atom stereocenters. The van der Waals surface area contributed by atoms with E-state index in [1.807, 2.05) is 56.3 Å². The number of guanidine groups is 1. The molecule has 168 valence electrons. The molecule has 0 fully saturated rings. The van der Waals surface area contributed by atoms with Crippen molar-refractivity contribution in [2.75, 3.05) is 40.9 Å². The van der Waals surface area contributed by atoms with Gasteiger partial charge in [-0.05, 0) is 55.7 Å². The molecule has 0 heterocycles. The Labute approximate surface area is 185 Å². The number of benzene rings is 2. The summed E-state index contributed by atoms with van der Waals surface area (Å²) in [5, 5.41) is 6.63. The van der Waals surface area contributed by atoms with Gasteiger partial charge in [0.25, 0.3) is 5.91 Å². The highest BCUT2D eigenvalue weighted by atomic mass is 16.5. The smallest absolute Gasteiger partial charge is 0.253 e. The molecule has 0 radical (unpaired) electrons. The fourth-order valence-corrected chi connectivity index (χ4v) is 3.04. The molecule has 2 N–H and O–H groups in total. The first-order valence-electron chi connectivity index (χ1n) is 10.6. The molecule has 2 rings (SSSR count). The Morgan fingerprint density at radius 3 is 2.52 bits per heavy atom. The van der Waals surface area contributed by atoms with Gasteiger partial charge in [0.1, 0.15) is 0 Å². The van der Waals surface area contributed by atoms with Crippen molar-refractivity contribution >= 4 is 11.9 Å². The minimum absolute atomic E-state index is 0.00984. The van der Waals surface area contributed by atoms with Gasteiger partial charge in [-0.25, -0.2) is 4.99 Å². The number of carbonyl (C=O) groups is 1. The SMILES string of the molecule is CCNC(=NCc1ccc(OC)c(OCC)c1)NCCc1cccc(C(=O)N(C)C)c1. The number of nitrogens with zero attached hydrogens (tertiary/aromatic N) is 2. The molecule has 0 spiro atoms. The minimum atomic E-state index is 0.00984. The second kappa shape index (κ2) is 12.5. The number of hydrogen-bond donors (Lipinski definition) is 2. The van der Waals surface area contributed by atoms with Crippen LogP contribution in [-0.4, -0.2) is 57.7 Å². The molecule has 0 bridgehead atoms. The lowest BCUT2D eigenvalue weighted by Crippen LogP contribution is -2.38. The molecule has 0 saturated carbocycles. The zero-order valence-corrected chi connectivity index (χ0v) is 19.2. The van der Waals surface area contributed by atoms with Gasteiger partial charge in [-0.1, -0.05) is 18.2 Å². The van der Waals surface area contributed by atoms with Gasteiger partial charge >= 0.3 is 0 Å². The molecule has 0 unspecified atom stereocenters. The van der Waals surface area contributed by atoms with Gasteiger partial charge in [-0.2, -0.15) is 0 Å². The lowest BCUT2D eigenvalue weighted by atomic mass is 10.1. The van der Waals surface area contributed by atoms with Gasteiger partial charge in [-0.3, -0.25) is 4.79 Å². The maximum atomic E-state index is 12.2. The van der Waals surface area contributed by atoms with Crippen LogP contribution in [0.2, 0.25) is 0 Å². The third kappa shape index (κ3) is 7.51. The average Bonchev–Trinajstić information content (AvgIpc) is 2.77. The molecular formula is C24H34N4O3. The number of aliphatic imine (C=N–C) groups is 1. The molecule has 0 aliphatic rings. The Bertz CT molecular complexity index is 881. The quantitative estimate of drug-likeness (QED) is 0.451. The van der Waals surface area contributed by atoms with Crippen molar-refractivity contribution in [3.05, 3.63) is 59.2 Å². The fourth-order valence-electron chi connectivity index (χ4n) is 3.04. The number of hydrogen-bond acceptors (Lipinski definition) is 4. The van der Waals surface area contributed by atoms with Crippen LogP contribution >= 0.6 is 0 Å². The van der Waals surface area contributed by atoms with Crippen LogP contribution in [0.4, 0.5) is 0 Å². The van der Waals surface area contributed by atoms with E-state index >= 15 is 0 Å². The van der Waals surface area contributed by atoms with Gasteiger partial charge < -0.3 is 25.0 Å². The minimum Gasteiger partial charge on any atom is -0.493 e. The van der Waals surface area contributed by atoms with E-state index in [1.165, 1.54) is 0 Å². The first-order chi connectivity index (χ1) is 15.0. The monoisotopic (exact) mass is 426 g/mol. The highest BCUT2D eigenvalue weighted by Gasteiger charge is 2.08. The number of carbonyl (C=O) groups excluding carboxylic acids is 1. The fraction of sp³-hybridized carbons (Fsp3) is 0.417. The number of amides is 1. The lowest BCUT2D eigenvalue weighted by molar-refractivity contribution is 0.0827. The number of ether oxygens (including phenoxy) is 2. The summed E-state index contributed by atoms with van der Waals surface area (Å²) in [6, 6.07) is 13.6. The van der Waals surface area contributed by atoms with Crippen molar-refractivity contribution in [2.45, 2.75) is 26.8 Å². The predicted molar refractivity (Wildman–Crippen MR) is 125 cm³/mol. The first kappa shape index (κ1) is 24.1. The third-order valence-corrected chi connectivity index (χ3v) is 4.58. The van der Waals surface area contributed by atoms with Crippen molar-refractivity contribution < 1.29 is 14.3 Å². The third-order valence-electron chi connectivity index (χ3n) is 4.58. The Morgan fingerprint density at radius 2 is 1.84 bits per heavy atom. The highest BCUT2D eigenvalue weighted by molar-refractivity contribution is 5.94. The highest BCUT2D eigenvalue weighted by Crippen LogP contribution is 2.28. The van der Waals surface area contributed by atoms with Crippen LogP contribution in [0.1, 0.15) is 35.3 Å². The van der Waals surface area contributed by atoms with Gasteiger partial charge in [0.2, 0.25) is 0 Å². The van der Waals surface area contributed by atoms with Crippen LogP contribution in [0.3, 0.4) is 0 Å². The molecule has 7 nitrogen and oxygen atoms in total. The van der Waals surface area contributed by atoms with E-state index in [0.29, 0.717) is 25.3 Å². The standard InChI is InChI=1S/C24H34N4O3/c1-6-25-24(27-17-19-11-12-21(30-5)22(16-19)31-7-2)26-14-13-18-9-8-10-20(15-18)23(29)28(3)4/h8-12,15-16H,6-7,13-14,17H2,1-5H3,(H2,25,26,27). The summed E-state index contributed by atoms with van der Waals surface area (Å²) >= 11 is 0. The Balaban J connectivity index is 1.99. The van der Waals surface area contributed by atoms with Crippen LogP contribution in [0, 0.1) is 0 Å². The normalized spacial score (nSPS) is 11.1. The van der Waals surface area contributed by atoms with Gasteiger partial charge in [0.15, 0.2) is 17.5 Å². The lowest BCUT2D eigenvalue weighted by Gasteiger charge is -2.13. The van der Waals surface area contributed by atoms with Crippen molar-refractivity contribution in [2.24, 2.45) is 4.99 Å². The van der Waals surface area contributed by atoms with E-state index < -0.39 is 0 Å². The summed E-state index contributed by atoms with van der Waals surface area (Å²) in [6.45, 7) is 6.56. The summed E-state index contributed by atoms with van der Waals surface area (Å²) in [5.41, 5.74) is 2.84. The number of methoxy groups -OCH3 is 1. The second-order valence-electron chi connectivity index (χ2n) is 7.19. The molecule has 0 aliphatic heterocycles. The Kier molecular flexibility index (Phi) is 9.68. The van der Waals surface area contributed by atoms with Crippen molar-refractivity contribution in [3.63, 3.8) is 0 Å². The molecule has 2 aromatic carbocycles. The molecule has 1 amide bonds. The van der Waals surface area contributed by atoms with Gasteiger partial charge in [0, 0.05) is 32.7 Å². The van der Waals surface area contributed by atoms with Crippen LogP contribution in [-0.2, 0) is 13.0 Å². The van der Waals surface area contributed by atoms with E-state index in [4.69, 9.17) is 9.47 Å². The maximum absolute atomic E-state index is 12.2. The Morgan fingerprint density at radius 1 is 1.03 bits per heavy atom. The van der Waals surface area contributed by atoms with E-state index in [1.54, 1.807) is 26.1 Å². The predicted octanol–water partition coefficient (Wildman–Crippen LogP) is 3.09. The van der Waals surface area contributed by atoms with Crippen LogP contribution in [0.5, 0.6) is 11.5 Å². The van der Waals surface area contributed by atoms with Crippen LogP contribution in [0.15, 0.2) is 47.5 Å². The summed E-state index contributed by atoms with van der Waals surface area (Å²) < 4.78 is 11.0. The second-order valence-corrected chi connectivity index (χ2v) is 7.19. The van der Waals surface area contributed by atoms with E-state index in [9.17, 15) is 4.79 Å². The van der Waals surface area contributed by atoms with Crippen molar-refractivity contribution in [1.29, 1.82) is 0 Å². The van der Waals surface area contributed by atoms with Crippen molar-refractivity contribution in [3.8, 4) is 11.5 Å². The summed E-state index contributed by atoms with van der Waals surface area (Å²) in [5.74, 6) is 2.20. The molecular weight excluding hydrogens is 392 g/mol. The van der Waals surface area contributed by atoms with E-state index in [2.05, 4.69) is 15.6 Å². The maximum Gasteiger partial charge on any atom is 0.253 e. The van der Waals surface area contributed by atoms with Gasteiger partial charge in [-0.15, -0.1) is 0 Å². The zero-order chi connectivity index (χ0) is 22.6. The number of nitrogens with one attached hydrogen (secondary N) is 2. The zero-order valence-electron chi connectivity index (χ0n) is 19.2. The molecule has 31 heavy (non-hydrogen) atoms. The summed E-state index contributed by atoms with van der Waals surface area (Å²) in [4.78, 5) is 18.4.